The average molecular weight is 321 g/mol. The lowest BCUT2D eigenvalue weighted by Gasteiger charge is -2.16. The standard InChI is InChI=1S/C14H15N3O6/c1-8-16-6-9(13(20)17-8)7-22-11(18)2-3-12(19)23-10-4-5-15-14(10)21/h2-3,6,10,16H,1,4-5,7H2,(H,15,21)(H,17,20). The lowest BCUT2D eigenvalue weighted by molar-refractivity contribution is -0.149. The van der Waals surface area contributed by atoms with Crippen LogP contribution in [-0.2, 0) is 28.7 Å². The molecule has 1 saturated heterocycles. The fraction of sp³-hybridized carbons (Fsp3) is 0.286. The summed E-state index contributed by atoms with van der Waals surface area (Å²) in [5.74, 6) is -2.12. The van der Waals surface area contributed by atoms with Gasteiger partial charge in [-0.3, -0.25) is 9.59 Å². The van der Waals surface area contributed by atoms with E-state index in [1.807, 2.05) is 0 Å². The van der Waals surface area contributed by atoms with Crippen molar-refractivity contribution in [3.8, 4) is 0 Å². The van der Waals surface area contributed by atoms with Crippen LogP contribution in [0.15, 0.2) is 36.3 Å². The predicted octanol–water partition coefficient (Wildman–Crippen LogP) is -1.41. The molecule has 0 aromatic rings. The van der Waals surface area contributed by atoms with Crippen LogP contribution in [0.25, 0.3) is 0 Å². The summed E-state index contributed by atoms with van der Waals surface area (Å²) in [6.45, 7) is 3.68. The minimum Gasteiger partial charge on any atom is -0.457 e. The van der Waals surface area contributed by atoms with Gasteiger partial charge in [0.2, 0.25) is 0 Å². The molecule has 2 aliphatic heterocycles. The fourth-order valence-corrected chi connectivity index (χ4v) is 1.80. The molecule has 2 amide bonds. The summed E-state index contributed by atoms with van der Waals surface area (Å²) < 4.78 is 9.67. The Morgan fingerprint density at radius 3 is 2.70 bits per heavy atom. The summed E-state index contributed by atoms with van der Waals surface area (Å²) in [5, 5.41) is 7.60. The van der Waals surface area contributed by atoms with Gasteiger partial charge >= 0.3 is 11.9 Å². The first-order valence-electron chi connectivity index (χ1n) is 6.74. The zero-order valence-electron chi connectivity index (χ0n) is 12.1. The number of carbonyl (C=O) groups is 4. The van der Waals surface area contributed by atoms with Gasteiger partial charge in [0.05, 0.1) is 5.57 Å². The second-order valence-corrected chi connectivity index (χ2v) is 4.69. The summed E-state index contributed by atoms with van der Waals surface area (Å²) in [4.78, 5) is 45.6. The Morgan fingerprint density at radius 2 is 2.04 bits per heavy atom. The number of hydrogen-bond donors (Lipinski definition) is 3. The van der Waals surface area contributed by atoms with Crippen molar-refractivity contribution in [2.24, 2.45) is 0 Å². The molecular formula is C14H15N3O6. The molecule has 1 atom stereocenters. The molecule has 0 radical (unpaired) electrons. The van der Waals surface area contributed by atoms with E-state index in [-0.39, 0.29) is 18.1 Å². The van der Waals surface area contributed by atoms with Gasteiger partial charge in [-0.2, -0.15) is 0 Å². The predicted molar refractivity (Wildman–Crippen MR) is 76.1 cm³/mol. The van der Waals surface area contributed by atoms with Crippen molar-refractivity contribution in [2.75, 3.05) is 13.2 Å². The third kappa shape index (κ3) is 4.70. The van der Waals surface area contributed by atoms with Gasteiger partial charge in [0.1, 0.15) is 12.4 Å². The van der Waals surface area contributed by atoms with Crippen LogP contribution in [-0.4, -0.2) is 43.0 Å². The van der Waals surface area contributed by atoms with Crippen molar-refractivity contribution in [2.45, 2.75) is 12.5 Å². The number of nitrogens with one attached hydrogen (secondary N) is 3. The van der Waals surface area contributed by atoms with Crippen LogP contribution in [0, 0.1) is 0 Å². The van der Waals surface area contributed by atoms with Crippen molar-refractivity contribution in [3.63, 3.8) is 0 Å². The largest absolute Gasteiger partial charge is 0.457 e. The molecule has 0 aromatic carbocycles. The van der Waals surface area contributed by atoms with Gasteiger partial charge in [0, 0.05) is 31.3 Å². The zero-order chi connectivity index (χ0) is 16.8. The molecule has 23 heavy (non-hydrogen) atoms. The van der Waals surface area contributed by atoms with Gasteiger partial charge in [-0.25, -0.2) is 9.59 Å². The maximum Gasteiger partial charge on any atom is 0.331 e. The minimum absolute atomic E-state index is 0.198. The van der Waals surface area contributed by atoms with Gasteiger partial charge in [0.15, 0.2) is 6.10 Å². The van der Waals surface area contributed by atoms with Crippen LogP contribution in [0.2, 0.25) is 0 Å². The van der Waals surface area contributed by atoms with E-state index in [9.17, 15) is 19.2 Å². The van der Waals surface area contributed by atoms with Crippen LogP contribution in [0.4, 0.5) is 0 Å². The van der Waals surface area contributed by atoms with Gasteiger partial charge in [-0.1, -0.05) is 6.58 Å². The second kappa shape index (κ2) is 7.25. The zero-order valence-corrected chi connectivity index (χ0v) is 12.1. The number of rotatable bonds is 5. The quantitative estimate of drug-likeness (QED) is 0.420. The number of carbonyl (C=O) groups excluding carboxylic acids is 4. The SMILES string of the molecule is C=C1NC=C(COC(=O)C=CC(=O)OC2CCNC2=O)C(=O)N1. The molecule has 9 nitrogen and oxygen atoms in total. The molecule has 9 heteroatoms. The summed E-state index contributed by atoms with van der Waals surface area (Å²) >= 11 is 0. The average Bonchev–Trinajstić information content (AvgIpc) is 2.89. The third-order valence-corrected chi connectivity index (χ3v) is 2.96. The van der Waals surface area contributed by atoms with Gasteiger partial charge in [-0.05, 0) is 0 Å². The van der Waals surface area contributed by atoms with Crippen molar-refractivity contribution >= 4 is 23.8 Å². The number of amides is 2. The van der Waals surface area contributed by atoms with Crippen molar-refractivity contribution in [3.05, 3.63) is 36.3 Å². The molecule has 0 aliphatic carbocycles. The number of hydrogen-bond acceptors (Lipinski definition) is 7. The highest BCUT2D eigenvalue weighted by Crippen LogP contribution is 2.06. The fourth-order valence-electron chi connectivity index (χ4n) is 1.80. The van der Waals surface area contributed by atoms with Gasteiger partial charge in [-0.15, -0.1) is 0 Å². The molecular weight excluding hydrogens is 306 g/mol. The minimum atomic E-state index is -0.835. The summed E-state index contributed by atoms with van der Waals surface area (Å²) in [7, 11) is 0. The van der Waals surface area contributed by atoms with Crippen LogP contribution in [0.1, 0.15) is 6.42 Å². The monoisotopic (exact) mass is 321 g/mol. The van der Waals surface area contributed by atoms with E-state index in [4.69, 9.17) is 9.47 Å². The maximum atomic E-state index is 11.5. The smallest absolute Gasteiger partial charge is 0.331 e. The number of ether oxygens (including phenoxy) is 2. The molecule has 2 aliphatic rings. The van der Waals surface area contributed by atoms with E-state index >= 15 is 0 Å². The van der Waals surface area contributed by atoms with Gasteiger partial charge in [0.25, 0.3) is 11.8 Å². The number of esters is 2. The first kappa shape index (κ1) is 16.3. The van der Waals surface area contributed by atoms with Crippen LogP contribution >= 0.6 is 0 Å². The van der Waals surface area contributed by atoms with E-state index in [2.05, 4.69) is 22.5 Å². The second-order valence-electron chi connectivity index (χ2n) is 4.69. The highest BCUT2D eigenvalue weighted by atomic mass is 16.5. The molecule has 0 saturated carbocycles. The van der Waals surface area contributed by atoms with E-state index in [0.717, 1.165) is 12.2 Å². The Hall–Kier alpha value is -3.10. The van der Waals surface area contributed by atoms with E-state index in [0.29, 0.717) is 18.8 Å². The highest BCUT2D eigenvalue weighted by Gasteiger charge is 2.27. The molecule has 1 unspecified atom stereocenters. The van der Waals surface area contributed by atoms with Gasteiger partial charge < -0.3 is 25.4 Å². The third-order valence-electron chi connectivity index (χ3n) is 2.96. The Labute approximate surface area is 131 Å². The van der Waals surface area contributed by atoms with Crippen molar-refractivity contribution in [1.82, 2.24) is 16.0 Å². The maximum absolute atomic E-state index is 11.5. The topological polar surface area (TPSA) is 123 Å². The van der Waals surface area contributed by atoms with Crippen LogP contribution < -0.4 is 16.0 Å². The lowest BCUT2D eigenvalue weighted by atomic mass is 10.2. The first-order chi connectivity index (χ1) is 11.0. The molecule has 3 N–H and O–H groups in total. The van der Waals surface area contributed by atoms with E-state index in [1.54, 1.807) is 0 Å². The molecule has 122 valence electrons. The summed E-state index contributed by atoms with van der Waals surface area (Å²) in [6, 6.07) is 0. The van der Waals surface area contributed by atoms with Crippen molar-refractivity contribution in [1.29, 1.82) is 0 Å². The lowest BCUT2D eigenvalue weighted by Crippen LogP contribution is -2.36. The summed E-state index contributed by atoms with van der Waals surface area (Å²) in [6.07, 6.45) is 2.65. The molecule has 1 fully saturated rings. The van der Waals surface area contributed by atoms with E-state index < -0.39 is 23.9 Å². The Morgan fingerprint density at radius 1 is 1.30 bits per heavy atom. The Balaban J connectivity index is 1.75. The van der Waals surface area contributed by atoms with Crippen LogP contribution in [0.3, 0.4) is 0 Å². The first-order valence-corrected chi connectivity index (χ1v) is 6.74. The Bertz CT molecular complexity index is 622. The van der Waals surface area contributed by atoms with E-state index in [1.165, 1.54) is 6.20 Å². The van der Waals surface area contributed by atoms with Crippen LogP contribution in [0.5, 0.6) is 0 Å². The molecule has 0 bridgehead atoms. The normalized spacial score (nSPS) is 20.4. The molecule has 0 spiro atoms. The molecule has 0 aromatic heterocycles. The van der Waals surface area contributed by atoms with Crippen molar-refractivity contribution < 1.29 is 28.7 Å². The highest BCUT2D eigenvalue weighted by molar-refractivity contribution is 5.97. The molecule has 2 rings (SSSR count). The molecule has 2 heterocycles. The summed E-state index contributed by atoms with van der Waals surface area (Å²) in [5.41, 5.74) is 0.198. The Kier molecular flexibility index (Phi) is 5.13.